The molecule has 1 N–H and O–H groups in total. The van der Waals surface area contributed by atoms with Crippen LogP contribution in [0, 0.1) is 0 Å². The van der Waals surface area contributed by atoms with Gasteiger partial charge in [-0.3, -0.25) is 9.59 Å². The molecular weight excluding hydrogens is 400 g/mol. The van der Waals surface area contributed by atoms with Crippen molar-refractivity contribution in [3.05, 3.63) is 95.6 Å². The highest BCUT2D eigenvalue weighted by Gasteiger charge is 2.19. The summed E-state index contributed by atoms with van der Waals surface area (Å²) in [5.74, 6) is -0.432. The number of sulfonamides is 1. The molecule has 154 valence electrons. The average molecular weight is 423 g/mol. The molecule has 3 aromatic rings. The van der Waals surface area contributed by atoms with E-state index in [9.17, 15) is 18.0 Å². The van der Waals surface area contributed by atoms with Gasteiger partial charge in [0, 0.05) is 36.5 Å². The van der Waals surface area contributed by atoms with Gasteiger partial charge in [0.05, 0.1) is 11.4 Å². The monoisotopic (exact) mass is 422 g/mol. The van der Waals surface area contributed by atoms with E-state index in [2.05, 4.69) is 5.32 Å². The fourth-order valence-electron chi connectivity index (χ4n) is 2.90. The van der Waals surface area contributed by atoms with Gasteiger partial charge >= 0.3 is 0 Å². The van der Waals surface area contributed by atoms with Gasteiger partial charge in [0.25, 0.3) is 0 Å². The molecule has 6 nitrogen and oxygen atoms in total. The molecule has 0 aliphatic heterocycles. The first-order valence-corrected chi connectivity index (χ1v) is 10.7. The third kappa shape index (κ3) is 4.64. The topological polar surface area (TPSA) is 83.6 Å². The van der Waals surface area contributed by atoms with Gasteiger partial charge in [-0.25, -0.2) is 12.7 Å². The number of Topliss-reactive ketones (excluding diaryl/α,β-unsaturated/α-hetero) is 1. The third-order valence-electron chi connectivity index (χ3n) is 4.58. The molecule has 0 heterocycles. The molecule has 0 saturated carbocycles. The highest BCUT2D eigenvalue weighted by molar-refractivity contribution is 7.89. The highest BCUT2D eigenvalue weighted by Crippen LogP contribution is 2.20. The Morgan fingerprint density at radius 3 is 2.17 bits per heavy atom. The second-order valence-electron chi connectivity index (χ2n) is 6.83. The zero-order chi connectivity index (χ0) is 21.7. The number of hydrogen-bond acceptors (Lipinski definition) is 5. The first-order chi connectivity index (χ1) is 14.3. The largest absolute Gasteiger partial charge is 0.377 e. The lowest BCUT2D eigenvalue weighted by molar-refractivity contribution is 0.100. The maximum atomic E-state index is 12.8. The summed E-state index contributed by atoms with van der Waals surface area (Å²) in [5, 5.41) is 3.01. The molecule has 0 unspecified atom stereocenters. The molecule has 3 aromatic carbocycles. The van der Waals surface area contributed by atoms with Crippen LogP contribution < -0.4 is 5.32 Å². The van der Waals surface area contributed by atoms with Crippen LogP contribution in [0.5, 0.6) is 0 Å². The normalized spacial score (nSPS) is 11.3. The maximum Gasteiger partial charge on any atom is 0.242 e. The molecule has 0 fully saturated rings. The summed E-state index contributed by atoms with van der Waals surface area (Å²) in [4.78, 5) is 25.5. The summed E-state index contributed by atoms with van der Waals surface area (Å²) >= 11 is 0. The minimum absolute atomic E-state index is 0.0537. The van der Waals surface area contributed by atoms with E-state index in [0.29, 0.717) is 16.8 Å². The van der Waals surface area contributed by atoms with Crippen molar-refractivity contribution < 1.29 is 18.0 Å². The molecule has 0 radical (unpaired) electrons. The van der Waals surface area contributed by atoms with Crippen molar-refractivity contribution >= 4 is 27.3 Å². The van der Waals surface area contributed by atoms with E-state index in [-0.39, 0.29) is 28.6 Å². The Bertz CT molecular complexity index is 1170. The fourth-order valence-corrected chi connectivity index (χ4v) is 3.85. The van der Waals surface area contributed by atoms with Gasteiger partial charge in [-0.05, 0) is 24.3 Å². The summed E-state index contributed by atoms with van der Waals surface area (Å²) in [5.41, 5.74) is 1.83. The van der Waals surface area contributed by atoms with Crippen LogP contribution >= 0.6 is 0 Å². The molecule has 3 rings (SSSR count). The number of carbonyl (C=O) groups excluding carboxylic acids is 2. The van der Waals surface area contributed by atoms with E-state index in [0.717, 1.165) is 4.31 Å². The van der Waals surface area contributed by atoms with Crippen LogP contribution in [-0.4, -0.2) is 44.9 Å². The van der Waals surface area contributed by atoms with Crippen molar-refractivity contribution in [2.75, 3.05) is 26.0 Å². The van der Waals surface area contributed by atoms with Gasteiger partial charge in [-0.2, -0.15) is 0 Å². The Kier molecular flexibility index (Phi) is 6.44. The van der Waals surface area contributed by atoms with Gasteiger partial charge < -0.3 is 5.32 Å². The van der Waals surface area contributed by atoms with Crippen LogP contribution in [0.2, 0.25) is 0 Å². The van der Waals surface area contributed by atoms with E-state index in [4.69, 9.17) is 0 Å². The summed E-state index contributed by atoms with van der Waals surface area (Å²) < 4.78 is 25.7. The minimum Gasteiger partial charge on any atom is -0.377 e. The van der Waals surface area contributed by atoms with Crippen LogP contribution in [0.4, 0.5) is 5.69 Å². The zero-order valence-electron chi connectivity index (χ0n) is 16.7. The number of rotatable bonds is 8. The molecule has 0 aromatic heterocycles. The van der Waals surface area contributed by atoms with Crippen LogP contribution in [0.1, 0.15) is 26.3 Å². The molecule has 0 atom stereocenters. The van der Waals surface area contributed by atoms with Gasteiger partial charge in [0.15, 0.2) is 11.6 Å². The molecule has 7 heteroatoms. The van der Waals surface area contributed by atoms with Crippen LogP contribution in [0.3, 0.4) is 0 Å². The number of carbonyl (C=O) groups is 2. The zero-order valence-corrected chi connectivity index (χ0v) is 17.5. The first kappa shape index (κ1) is 21.4. The third-order valence-corrected chi connectivity index (χ3v) is 6.39. The molecule has 0 bridgehead atoms. The van der Waals surface area contributed by atoms with E-state index in [1.54, 1.807) is 54.6 Å². The van der Waals surface area contributed by atoms with Crippen LogP contribution in [0.25, 0.3) is 0 Å². The van der Waals surface area contributed by atoms with Crippen molar-refractivity contribution in [3.63, 3.8) is 0 Å². The van der Waals surface area contributed by atoms with Gasteiger partial charge in [0.2, 0.25) is 10.0 Å². The second-order valence-corrected chi connectivity index (χ2v) is 8.98. The summed E-state index contributed by atoms with van der Waals surface area (Å²) in [6.45, 7) is -0.0788. The Balaban J connectivity index is 1.79. The molecule has 0 saturated heterocycles. The molecule has 0 spiro atoms. The number of nitrogens with zero attached hydrogens (tertiary/aromatic N) is 1. The lowest BCUT2D eigenvalue weighted by atomic mass is 10.0. The van der Waals surface area contributed by atoms with Gasteiger partial charge in [-0.1, -0.05) is 54.6 Å². The summed E-state index contributed by atoms with van der Waals surface area (Å²) in [6.07, 6.45) is 0. The number of hydrogen-bond donors (Lipinski definition) is 1. The minimum atomic E-state index is -3.63. The number of benzene rings is 3. The van der Waals surface area contributed by atoms with Crippen molar-refractivity contribution in [3.8, 4) is 0 Å². The SMILES string of the molecule is CN(C)S(=O)(=O)c1cccc(C(=O)CNc2ccccc2C(=O)c2ccccc2)c1. The predicted molar refractivity (Wildman–Crippen MR) is 116 cm³/mol. The molecule has 30 heavy (non-hydrogen) atoms. The first-order valence-electron chi connectivity index (χ1n) is 9.29. The average Bonchev–Trinajstić information content (AvgIpc) is 2.77. The number of anilines is 1. The fraction of sp³-hybridized carbons (Fsp3) is 0.130. The summed E-state index contributed by atoms with van der Waals surface area (Å²) in [7, 11) is -0.759. The lowest BCUT2D eigenvalue weighted by Gasteiger charge is -2.13. The predicted octanol–water partition coefficient (Wildman–Crippen LogP) is 3.46. The highest BCUT2D eigenvalue weighted by atomic mass is 32.2. The Morgan fingerprint density at radius 1 is 0.833 bits per heavy atom. The van der Waals surface area contributed by atoms with Crippen LogP contribution in [0.15, 0.2) is 83.8 Å². The van der Waals surface area contributed by atoms with E-state index >= 15 is 0 Å². The van der Waals surface area contributed by atoms with E-state index < -0.39 is 10.0 Å². The smallest absolute Gasteiger partial charge is 0.242 e. The summed E-state index contributed by atoms with van der Waals surface area (Å²) in [6, 6.07) is 21.8. The van der Waals surface area contributed by atoms with Crippen molar-refractivity contribution in [1.82, 2.24) is 4.31 Å². The quantitative estimate of drug-likeness (QED) is 0.562. The molecule has 0 amide bonds. The standard InChI is InChI=1S/C23H22N2O4S/c1-25(2)30(28,29)19-12-8-11-18(15-19)22(26)16-24-21-14-7-6-13-20(21)23(27)17-9-4-3-5-10-17/h3-15,24H,16H2,1-2H3. The maximum absolute atomic E-state index is 12.8. The Hall–Kier alpha value is -3.29. The van der Waals surface area contributed by atoms with Crippen molar-refractivity contribution in [2.24, 2.45) is 0 Å². The van der Waals surface area contributed by atoms with E-state index in [1.807, 2.05) is 6.07 Å². The molecule has 0 aliphatic rings. The molecular formula is C23H22N2O4S. The van der Waals surface area contributed by atoms with Crippen molar-refractivity contribution in [2.45, 2.75) is 4.90 Å². The number of para-hydroxylation sites is 1. The van der Waals surface area contributed by atoms with Gasteiger partial charge in [-0.15, -0.1) is 0 Å². The molecule has 0 aliphatic carbocycles. The van der Waals surface area contributed by atoms with Crippen LogP contribution in [-0.2, 0) is 10.0 Å². The van der Waals surface area contributed by atoms with E-state index in [1.165, 1.54) is 32.3 Å². The Morgan fingerprint density at radius 2 is 1.47 bits per heavy atom. The Labute approximate surface area is 176 Å². The number of nitrogens with one attached hydrogen (secondary N) is 1. The lowest BCUT2D eigenvalue weighted by Crippen LogP contribution is -2.23. The van der Waals surface area contributed by atoms with Gasteiger partial charge in [0.1, 0.15) is 0 Å². The number of ketones is 2. The van der Waals surface area contributed by atoms with Crippen molar-refractivity contribution in [1.29, 1.82) is 0 Å². The second kappa shape index (κ2) is 9.02.